The minimum Gasteiger partial charge on any atom is -0.392 e. The fourth-order valence-electron chi connectivity index (χ4n) is 1.35. The van der Waals surface area contributed by atoms with Crippen LogP contribution in [0.2, 0.25) is 0 Å². The summed E-state index contributed by atoms with van der Waals surface area (Å²) in [4.78, 5) is 15.0. The molecule has 2 aromatic rings. The van der Waals surface area contributed by atoms with E-state index in [0.717, 1.165) is 12.3 Å². The third kappa shape index (κ3) is 3.89. The van der Waals surface area contributed by atoms with Gasteiger partial charge in [0.05, 0.1) is 13.7 Å². The van der Waals surface area contributed by atoms with Gasteiger partial charge in [-0.15, -0.1) is 0 Å². The zero-order valence-corrected chi connectivity index (χ0v) is 11.0. The lowest BCUT2D eigenvalue weighted by Gasteiger charge is -2.09. The van der Waals surface area contributed by atoms with E-state index in [1.54, 1.807) is 0 Å². The molecule has 0 aromatic carbocycles. The minimum atomic E-state index is -2.76. The Morgan fingerprint density at radius 3 is 2.90 bits per heavy atom. The Balaban J connectivity index is 2.13. The number of aliphatic hydroxyl groups is 1. The lowest BCUT2D eigenvalue weighted by molar-refractivity contribution is 0.147. The molecule has 0 aliphatic carbocycles. The molecule has 0 unspecified atom stereocenters. The number of nitrogens with one attached hydrogen (secondary N) is 2. The number of carbonyl (C=O) groups is 1. The van der Waals surface area contributed by atoms with Crippen molar-refractivity contribution in [2.45, 2.75) is 13.0 Å². The van der Waals surface area contributed by atoms with Crippen LogP contribution in [0.15, 0.2) is 18.3 Å². The summed E-state index contributed by atoms with van der Waals surface area (Å²) in [6.45, 7) is -0.565. The quantitative estimate of drug-likeness (QED) is 0.756. The standard InChI is InChI=1S/C11H9F3N4O2S/c12-8-1-6(5(4-19)3-15-8)16-11(20)17-9-2-7(10(13)14)18-21-9/h1-3,10,19H,4H2,(H2,15,16,17,20)/i1D. The molecule has 2 amide bonds. The molecule has 0 atom stereocenters. The molecule has 0 saturated heterocycles. The lowest BCUT2D eigenvalue weighted by Crippen LogP contribution is -2.20. The zero-order chi connectivity index (χ0) is 16.3. The van der Waals surface area contributed by atoms with E-state index in [1.807, 2.05) is 0 Å². The second-order valence-electron chi connectivity index (χ2n) is 3.73. The molecule has 0 fully saturated rings. The molecule has 0 aliphatic rings. The van der Waals surface area contributed by atoms with Gasteiger partial charge >= 0.3 is 6.03 Å². The highest BCUT2D eigenvalue weighted by molar-refractivity contribution is 7.10. The molecule has 0 saturated carbocycles. The van der Waals surface area contributed by atoms with Gasteiger partial charge in [0.15, 0.2) is 0 Å². The number of aliphatic hydroxyl groups excluding tert-OH is 1. The first-order valence-corrected chi connectivity index (χ1v) is 6.27. The Morgan fingerprint density at radius 1 is 1.52 bits per heavy atom. The summed E-state index contributed by atoms with van der Waals surface area (Å²) in [5.74, 6) is -1.12. The van der Waals surface area contributed by atoms with Crippen LogP contribution >= 0.6 is 11.5 Å². The van der Waals surface area contributed by atoms with Crippen LogP contribution in [0.5, 0.6) is 0 Å². The van der Waals surface area contributed by atoms with Crippen molar-refractivity contribution >= 4 is 28.3 Å². The van der Waals surface area contributed by atoms with Gasteiger partial charge in [-0.1, -0.05) is 0 Å². The average molecular weight is 319 g/mol. The molecular formula is C11H9F3N4O2S. The molecule has 0 spiro atoms. The van der Waals surface area contributed by atoms with E-state index in [-0.39, 0.29) is 16.3 Å². The van der Waals surface area contributed by atoms with E-state index in [4.69, 9.17) is 6.48 Å². The number of carbonyl (C=O) groups excluding carboxylic acids is 1. The first-order chi connectivity index (χ1) is 10.4. The predicted molar refractivity (Wildman–Crippen MR) is 69.8 cm³/mol. The van der Waals surface area contributed by atoms with Crippen molar-refractivity contribution in [2.75, 3.05) is 10.6 Å². The van der Waals surface area contributed by atoms with Gasteiger partial charge in [-0.2, -0.15) is 8.76 Å². The van der Waals surface area contributed by atoms with Crippen LogP contribution in [-0.2, 0) is 6.61 Å². The zero-order valence-electron chi connectivity index (χ0n) is 11.2. The van der Waals surface area contributed by atoms with Crippen LogP contribution < -0.4 is 10.6 Å². The minimum absolute atomic E-state index is 0.0409. The number of anilines is 2. The number of rotatable bonds is 4. The molecule has 2 aromatic heterocycles. The average Bonchev–Trinajstić information content (AvgIpc) is 2.93. The van der Waals surface area contributed by atoms with Gasteiger partial charge in [0.25, 0.3) is 6.43 Å². The van der Waals surface area contributed by atoms with Crippen molar-refractivity contribution in [1.29, 1.82) is 0 Å². The van der Waals surface area contributed by atoms with Crippen LogP contribution in [0, 0.1) is 5.95 Å². The van der Waals surface area contributed by atoms with Crippen LogP contribution in [0.1, 0.15) is 19.1 Å². The Bertz CT molecular complexity index is 698. The number of hydrogen-bond acceptors (Lipinski definition) is 5. The number of aromatic nitrogens is 2. The summed E-state index contributed by atoms with van der Waals surface area (Å²) >= 11 is 0.649. The van der Waals surface area contributed by atoms with E-state index >= 15 is 0 Å². The second-order valence-corrected chi connectivity index (χ2v) is 4.53. The maximum atomic E-state index is 13.2. The van der Waals surface area contributed by atoms with Gasteiger partial charge in [0, 0.05) is 23.9 Å². The molecule has 21 heavy (non-hydrogen) atoms. The summed E-state index contributed by atoms with van der Waals surface area (Å²) in [7, 11) is 0. The molecule has 0 radical (unpaired) electrons. The number of hydrogen-bond donors (Lipinski definition) is 3. The van der Waals surface area contributed by atoms with Crippen molar-refractivity contribution in [2.24, 2.45) is 0 Å². The van der Waals surface area contributed by atoms with Crippen LogP contribution in [0.4, 0.5) is 28.7 Å². The van der Waals surface area contributed by atoms with E-state index in [1.165, 1.54) is 0 Å². The summed E-state index contributed by atoms with van der Waals surface area (Å²) in [6.07, 6.45) is -1.78. The molecule has 2 heterocycles. The number of urea groups is 1. The molecule has 0 aliphatic heterocycles. The Labute approximate surface area is 122 Å². The fourth-order valence-corrected chi connectivity index (χ4v) is 2.00. The predicted octanol–water partition coefficient (Wildman–Crippen LogP) is 2.75. The Morgan fingerprint density at radius 2 is 2.29 bits per heavy atom. The van der Waals surface area contributed by atoms with E-state index in [2.05, 4.69) is 20.0 Å². The SMILES string of the molecule is [2H]c1c(F)ncc(CO)c1NC(=O)Nc1cc(C(F)F)ns1. The summed E-state index contributed by atoms with van der Waals surface area (Å²) in [5, 5.41) is 13.5. The Hall–Kier alpha value is -2.20. The molecule has 10 heteroatoms. The van der Waals surface area contributed by atoms with E-state index < -0.39 is 36.7 Å². The highest BCUT2D eigenvalue weighted by Crippen LogP contribution is 2.24. The maximum absolute atomic E-state index is 13.2. The molecular weight excluding hydrogens is 309 g/mol. The van der Waals surface area contributed by atoms with Gasteiger partial charge in [-0.05, 0) is 11.5 Å². The normalized spacial score (nSPS) is 11.4. The van der Waals surface area contributed by atoms with Crippen molar-refractivity contribution < 1.29 is 24.4 Å². The van der Waals surface area contributed by atoms with Gasteiger partial charge in [0.2, 0.25) is 5.95 Å². The smallest absolute Gasteiger partial charge is 0.324 e. The highest BCUT2D eigenvalue weighted by Gasteiger charge is 2.14. The molecule has 6 nitrogen and oxygen atoms in total. The number of halogens is 3. The Kier molecular flexibility index (Phi) is 4.26. The van der Waals surface area contributed by atoms with Gasteiger partial charge in [-0.25, -0.2) is 18.6 Å². The first-order valence-electron chi connectivity index (χ1n) is 6.00. The molecule has 112 valence electrons. The number of pyridine rings is 1. The van der Waals surface area contributed by atoms with Gasteiger partial charge in [0.1, 0.15) is 10.7 Å². The monoisotopic (exact) mass is 319 g/mol. The number of nitrogens with zero attached hydrogens (tertiary/aromatic N) is 2. The molecule has 3 N–H and O–H groups in total. The fraction of sp³-hybridized carbons (Fsp3) is 0.182. The number of amides is 2. The summed E-state index contributed by atoms with van der Waals surface area (Å²) in [6, 6.07) is -0.589. The topological polar surface area (TPSA) is 87.1 Å². The van der Waals surface area contributed by atoms with E-state index in [9.17, 15) is 18.0 Å². The summed E-state index contributed by atoms with van der Waals surface area (Å²) in [5.41, 5.74) is -0.697. The first kappa shape index (κ1) is 13.8. The van der Waals surface area contributed by atoms with E-state index in [0.29, 0.717) is 11.5 Å². The van der Waals surface area contributed by atoms with Crippen molar-refractivity contribution in [3.05, 3.63) is 35.5 Å². The van der Waals surface area contributed by atoms with Crippen LogP contribution in [-0.4, -0.2) is 20.5 Å². The third-order valence-electron chi connectivity index (χ3n) is 2.28. The number of alkyl halides is 2. The summed E-state index contributed by atoms with van der Waals surface area (Å²) < 4.78 is 48.9. The highest BCUT2D eigenvalue weighted by atomic mass is 32.1. The van der Waals surface area contributed by atoms with Crippen molar-refractivity contribution in [3.63, 3.8) is 0 Å². The molecule has 0 bridgehead atoms. The lowest BCUT2D eigenvalue weighted by atomic mass is 10.2. The van der Waals surface area contributed by atoms with Crippen molar-refractivity contribution in [1.82, 2.24) is 9.36 Å². The van der Waals surface area contributed by atoms with Crippen LogP contribution in [0.3, 0.4) is 0 Å². The molecule has 2 rings (SSSR count). The van der Waals surface area contributed by atoms with Gasteiger partial charge in [-0.3, -0.25) is 5.32 Å². The second kappa shape index (κ2) is 6.50. The maximum Gasteiger partial charge on any atom is 0.324 e. The van der Waals surface area contributed by atoms with Crippen molar-refractivity contribution in [3.8, 4) is 0 Å². The van der Waals surface area contributed by atoms with Crippen LogP contribution in [0.25, 0.3) is 0 Å². The third-order valence-corrected chi connectivity index (χ3v) is 3.00. The largest absolute Gasteiger partial charge is 0.392 e. The van der Waals surface area contributed by atoms with Gasteiger partial charge < -0.3 is 10.4 Å².